The third-order valence-corrected chi connectivity index (χ3v) is 2.73. The van der Waals surface area contributed by atoms with Crippen LogP contribution in [0.5, 0.6) is 5.75 Å². The van der Waals surface area contributed by atoms with Gasteiger partial charge in [-0.2, -0.15) is 0 Å². The maximum absolute atomic E-state index is 12.5. The Labute approximate surface area is 109 Å². The van der Waals surface area contributed by atoms with Crippen LogP contribution in [-0.2, 0) is 0 Å². The minimum absolute atomic E-state index is 0.156. The Morgan fingerprint density at radius 1 is 0.947 bits per heavy atom. The van der Waals surface area contributed by atoms with Gasteiger partial charge in [0.25, 0.3) is 0 Å². The third-order valence-electron chi connectivity index (χ3n) is 2.73. The lowest BCUT2D eigenvalue weighted by Gasteiger charge is -2.16. The highest BCUT2D eigenvalue weighted by atomic mass is 19.4. The van der Waals surface area contributed by atoms with Crippen LogP contribution in [0.2, 0.25) is 0 Å². The molecule has 0 saturated carbocycles. The van der Waals surface area contributed by atoms with E-state index in [9.17, 15) is 13.2 Å². The molecule has 0 atom stereocenters. The van der Waals surface area contributed by atoms with Crippen molar-refractivity contribution in [3.63, 3.8) is 0 Å². The molecule has 0 aliphatic carbocycles. The summed E-state index contributed by atoms with van der Waals surface area (Å²) in [6.07, 6.45) is -4.69. The van der Waals surface area contributed by atoms with Gasteiger partial charge >= 0.3 is 6.36 Å². The molecule has 19 heavy (non-hydrogen) atoms. The molecule has 0 radical (unpaired) electrons. The van der Waals surface area contributed by atoms with Gasteiger partial charge in [-0.15, -0.1) is 13.2 Å². The van der Waals surface area contributed by atoms with Gasteiger partial charge < -0.3 is 4.74 Å². The minimum Gasteiger partial charge on any atom is -0.405 e. The summed E-state index contributed by atoms with van der Waals surface area (Å²) in [6.45, 7) is 3.52. The lowest BCUT2D eigenvalue weighted by Crippen LogP contribution is -2.18. The molecule has 0 bridgehead atoms. The monoisotopic (exact) mass is 266 g/mol. The second-order valence-electron chi connectivity index (χ2n) is 4.37. The van der Waals surface area contributed by atoms with Crippen LogP contribution in [0, 0.1) is 13.8 Å². The molecule has 0 spiro atoms. The molecule has 1 nitrogen and oxygen atoms in total. The molecule has 2 aromatic carbocycles. The molecule has 0 unspecified atom stereocenters. The topological polar surface area (TPSA) is 9.23 Å². The Kier molecular flexibility index (Phi) is 3.51. The summed E-state index contributed by atoms with van der Waals surface area (Å²) in [6, 6.07) is 12.2. The summed E-state index contributed by atoms with van der Waals surface area (Å²) >= 11 is 0. The number of hydrogen-bond donors (Lipinski definition) is 0. The van der Waals surface area contributed by atoms with Crippen LogP contribution in [0.3, 0.4) is 0 Å². The number of aryl methyl sites for hydroxylation is 2. The van der Waals surface area contributed by atoms with E-state index in [1.165, 1.54) is 6.07 Å². The fourth-order valence-corrected chi connectivity index (χ4v) is 2.11. The van der Waals surface area contributed by atoms with Gasteiger partial charge in [-0.3, -0.25) is 0 Å². The van der Waals surface area contributed by atoms with Gasteiger partial charge in [0.05, 0.1) is 0 Å². The van der Waals surface area contributed by atoms with E-state index < -0.39 is 6.36 Å². The van der Waals surface area contributed by atoms with Crippen molar-refractivity contribution in [1.82, 2.24) is 0 Å². The quantitative estimate of drug-likeness (QED) is 0.753. The van der Waals surface area contributed by atoms with Crippen molar-refractivity contribution in [2.75, 3.05) is 0 Å². The molecule has 0 amide bonds. The summed E-state index contributed by atoms with van der Waals surface area (Å²) in [5.41, 5.74) is 2.67. The Bertz CT molecular complexity index is 574. The zero-order chi connectivity index (χ0) is 14.0. The van der Waals surface area contributed by atoms with E-state index in [1.807, 2.05) is 12.1 Å². The van der Waals surface area contributed by atoms with E-state index >= 15 is 0 Å². The predicted octanol–water partition coefficient (Wildman–Crippen LogP) is 4.87. The number of ether oxygens (including phenoxy) is 1. The van der Waals surface area contributed by atoms with E-state index in [0.717, 1.165) is 11.1 Å². The molecular formula is C15H13F3O. The van der Waals surface area contributed by atoms with Crippen LogP contribution in [0.4, 0.5) is 13.2 Å². The van der Waals surface area contributed by atoms with Crippen molar-refractivity contribution in [1.29, 1.82) is 0 Å². The second kappa shape index (κ2) is 4.96. The zero-order valence-corrected chi connectivity index (χ0v) is 10.6. The average Bonchev–Trinajstić information content (AvgIpc) is 2.27. The third kappa shape index (κ3) is 3.28. The maximum atomic E-state index is 12.5. The number of hydrogen-bond acceptors (Lipinski definition) is 1. The fraction of sp³-hybridized carbons (Fsp3) is 0.200. The molecule has 0 aromatic heterocycles. The van der Waals surface area contributed by atoms with Crippen molar-refractivity contribution in [2.24, 2.45) is 0 Å². The van der Waals surface area contributed by atoms with Gasteiger partial charge in [-0.1, -0.05) is 36.4 Å². The standard InChI is InChI=1S/C15H13F3O/c1-10-8-11(2)14(12-6-4-3-5-7-12)13(9-10)19-15(16,17)18/h3-9H,1-2H3. The first kappa shape index (κ1) is 13.5. The van der Waals surface area contributed by atoms with Gasteiger partial charge in [0.15, 0.2) is 0 Å². The van der Waals surface area contributed by atoms with Crippen LogP contribution in [0.1, 0.15) is 11.1 Å². The molecule has 0 saturated heterocycles. The van der Waals surface area contributed by atoms with Crippen molar-refractivity contribution in [2.45, 2.75) is 20.2 Å². The van der Waals surface area contributed by atoms with E-state index in [4.69, 9.17) is 0 Å². The van der Waals surface area contributed by atoms with Crippen molar-refractivity contribution in [3.8, 4) is 16.9 Å². The van der Waals surface area contributed by atoms with E-state index in [0.29, 0.717) is 11.1 Å². The second-order valence-corrected chi connectivity index (χ2v) is 4.37. The zero-order valence-electron chi connectivity index (χ0n) is 10.6. The number of halogens is 3. The van der Waals surface area contributed by atoms with Crippen molar-refractivity contribution >= 4 is 0 Å². The normalized spacial score (nSPS) is 11.4. The maximum Gasteiger partial charge on any atom is 0.573 e. The summed E-state index contributed by atoms with van der Waals surface area (Å²) in [7, 11) is 0. The van der Waals surface area contributed by atoms with E-state index in [2.05, 4.69) is 4.74 Å². The molecule has 0 N–H and O–H groups in total. The Balaban J connectivity index is 2.59. The largest absolute Gasteiger partial charge is 0.573 e. The first-order valence-electron chi connectivity index (χ1n) is 5.79. The first-order chi connectivity index (χ1) is 8.87. The van der Waals surface area contributed by atoms with Gasteiger partial charge in [-0.25, -0.2) is 0 Å². The van der Waals surface area contributed by atoms with Crippen molar-refractivity contribution in [3.05, 3.63) is 53.6 Å². The van der Waals surface area contributed by atoms with Crippen LogP contribution < -0.4 is 4.74 Å². The predicted molar refractivity (Wildman–Crippen MR) is 68.0 cm³/mol. The highest BCUT2D eigenvalue weighted by molar-refractivity contribution is 5.74. The summed E-state index contributed by atoms with van der Waals surface area (Å²) in [4.78, 5) is 0. The van der Waals surface area contributed by atoms with Crippen LogP contribution in [-0.4, -0.2) is 6.36 Å². The fourth-order valence-electron chi connectivity index (χ4n) is 2.11. The highest BCUT2D eigenvalue weighted by Gasteiger charge is 2.32. The number of rotatable bonds is 2. The van der Waals surface area contributed by atoms with Gasteiger partial charge in [0.1, 0.15) is 5.75 Å². The average molecular weight is 266 g/mol. The van der Waals surface area contributed by atoms with E-state index in [1.54, 1.807) is 38.1 Å². The summed E-state index contributed by atoms with van der Waals surface area (Å²) < 4.78 is 41.6. The molecule has 0 fully saturated rings. The molecule has 2 aromatic rings. The first-order valence-corrected chi connectivity index (χ1v) is 5.79. The van der Waals surface area contributed by atoms with E-state index in [-0.39, 0.29) is 5.75 Å². The number of benzene rings is 2. The molecule has 100 valence electrons. The summed E-state index contributed by atoms with van der Waals surface area (Å²) in [5, 5.41) is 0. The van der Waals surface area contributed by atoms with Gasteiger partial charge in [-0.05, 0) is 36.6 Å². The van der Waals surface area contributed by atoms with Gasteiger partial charge in [0, 0.05) is 5.56 Å². The molecule has 0 aliphatic rings. The van der Waals surface area contributed by atoms with Crippen LogP contribution in [0.15, 0.2) is 42.5 Å². The minimum atomic E-state index is -4.69. The van der Waals surface area contributed by atoms with Gasteiger partial charge in [0.2, 0.25) is 0 Å². The SMILES string of the molecule is Cc1cc(C)c(-c2ccccc2)c(OC(F)(F)F)c1. The molecule has 0 aliphatic heterocycles. The van der Waals surface area contributed by atoms with Crippen LogP contribution >= 0.6 is 0 Å². The lowest BCUT2D eigenvalue weighted by molar-refractivity contribution is -0.274. The molecule has 0 heterocycles. The van der Waals surface area contributed by atoms with Crippen LogP contribution in [0.25, 0.3) is 11.1 Å². The number of alkyl halides is 3. The smallest absolute Gasteiger partial charge is 0.405 e. The molecule has 4 heteroatoms. The Morgan fingerprint density at radius 3 is 2.16 bits per heavy atom. The highest BCUT2D eigenvalue weighted by Crippen LogP contribution is 2.37. The Hall–Kier alpha value is -1.97. The lowest BCUT2D eigenvalue weighted by atomic mass is 9.97. The molecule has 2 rings (SSSR count). The molecular weight excluding hydrogens is 253 g/mol. The summed E-state index contributed by atoms with van der Waals surface area (Å²) in [5.74, 6) is -0.156. The van der Waals surface area contributed by atoms with Crippen molar-refractivity contribution < 1.29 is 17.9 Å². The Morgan fingerprint density at radius 2 is 1.58 bits per heavy atom.